The van der Waals surface area contributed by atoms with Gasteiger partial charge in [-0.3, -0.25) is 52.8 Å². The molecule has 0 bridgehead atoms. The summed E-state index contributed by atoms with van der Waals surface area (Å²) in [7, 11) is 0. The summed E-state index contributed by atoms with van der Waals surface area (Å²) in [5, 5.41) is 8.47. The van der Waals surface area contributed by atoms with Crippen molar-refractivity contribution in [3.63, 3.8) is 0 Å². The van der Waals surface area contributed by atoms with Crippen molar-refractivity contribution in [2.45, 2.75) is 96.6 Å². The van der Waals surface area contributed by atoms with Crippen molar-refractivity contribution in [3.8, 4) is 0 Å². The molecule has 1 saturated carbocycles. The van der Waals surface area contributed by atoms with Crippen LogP contribution >= 0.6 is 0 Å². The van der Waals surface area contributed by atoms with E-state index in [1.807, 2.05) is 0 Å². The van der Waals surface area contributed by atoms with Crippen molar-refractivity contribution in [3.05, 3.63) is 68.8 Å². The molecule has 1 aliphatic heterocycles. The third-order valence-electron chi connectivity index (χ3n) is 9.59. The molecule has 0 radical (unpaired) electrons. The molecule has 2 aliphatic rings. The van der Waals surface area contributed by atoms with E-state index < -0.39 is 29.1 Å². The van der Waals surface area contributed by atoms with Crippen LogP contribution in [-0.4, -0.2) is 54.3 Å². The molecule has 52 heavy (non-hydrogen) atoms. The molecule has 1 aliphatic carbocycles. The summed E-state index contributed by atoms with van der Waals surface area (Å²) >= 11 is 0. The number of aryl methyl sites for hydroxylation is 2. The Morgan fingerprint density at radius 2 is 1.21 bits per heavy atom. The number of nitrogens with zero attached hydrogens (tertiary/aromatic N) is 4. The molecule has 15 nitrogen and oxygen atoms in total. The van der Waals surface area contributed by atoms with Gasteiger partial charge in [0.1, 0.15) is 34.5 Å². The lowest BCUT2D eigenvalue weighted by Crippen LogP contribution is -2.45. The number of ketones is 2. The zero-order valence-electron chi connectivity index (χ0n) is 29.0. The number of fused-ring (bicyclic) bond motifs is 2. The molecular weight excluding hydrogens is 670 g/mol. The third-order valence-corrected chi connectivity index (χ3v) is 9.59. The Kier molecular flexibility index (Phi) is 10.5. The molecule has 6 rings (SSSR count). The molecule has 2 unspecified atom stereocenters. The van der Waals surface area contributed by atoms with Gasteiger partial charge in [-0.15, -0.1) is 0 Å². The smallest absolute Gasteiger partial charge is 0.262 e. The molecular formula is C37H39N7O8. The number of hydrogen-bond donors (Lipinski definition) is 3. The van der Waals surface area contributed by atoms with Crippen LogP contribution in [-0.2, 0) is 28.8 Å². The Balaban J connectivity index is 0.996. The number of benzene rings is 2. The zero-order valence-corrected chi connectivity index (χ0v) is 29.0. The van der Waals surface area contributed by atoms with E-state index in [0.717, 1.165) is 0 Å². The fourth-order valence-corrected chi connectivity index (χ4v) is 7.00. The SMILES string of the molecule is Cc1nc2c(NC(=O)CCCCCCC(=O)Nc3cccc4c(=O)n(C5CCC(=O)NC5=O)c(C)nc34)cccc2c(=O)n1C1CCC(=O)CC1=O. The van der Waals surface area contributed by atoms with Crippen molar-refractivity contribution in [2.24, 2.45) is 0 Å². The highest BCUT2D eigenvalue weighted by Gasteiger charge is 2.32. The standard InChI is InChI=1S/C37H39N7O8/c1-20-38-33-23(36(51)43(20)27-16-15-22(45)19-29(27)46)9-7-11-25(33)40-30(47)13-5-3-4-6-14-31(48)41-26-12-8-10-24-34(26)39-21(2)44(37(24)52)28-17-18-32(49)42-35(28)50/h7-12,27-28H,3-6,13-19H2,1-2H3,(H,40,47)(H,41,48)(H,42,49,50). The molecule has 3 heterocycles. The van der Waals surface area contributed by atoms with Crippen molar-refractivity contribution in [2.75, 3.05) is 10.6 Å². The molecule has 2 aromatic carbocycles. The van der Waals surface area contributed by atoms with Gasteiger partial charge in [0, 0.05) is 25.7 Å². The van der Waals surface area contributed by atoms with Gasteiger partial charge >= 0.3 is 0 Å². The lowest BCUT2D eigenvalue weighted by Gasteiger charge is -2.24. The Morgan fingerprint density at radius 3 is 1.71 bits per heavy atom. The van der Waals surface area contributed by atoms with E-state index in [1.54, 1.807) is 50.2 Å². The first-order valence-electron chi connectivity index (χ1n) is 17.4. The minimum absolute atomic E-state index is 0.120. The molecule has 2 fully saturated rings. The Labute approximate surface area is 297 Å². The number of nitrogens with one attached hydrogen (secondary N) is 3. The Bertz CT molecular complexity index is 2120. The number of anilines is 2. The quantitative estimate of drug-likeness (QED) is 0.117. The molecule has 270 valence electrons. The average molecular weight is 710 g/mol. The molecule has 4 aromatic rings. The van der Waals surface area contributed by atoms with E-state index in [9.17, 15) is 38.4 Å². The normalized spacial score (nSPS) is 17.7. The Hall–Kier alpha value is -5.86. The van der Waals surface area contributed by atoms with Crippen LogP contribution in [0, 0.1) is 13.8 Å². The van der Waals surface area contributed by atoms with Gasteiger partial charge in [-0.05, 0) is 63.8 Å². The van der Waals surface area contributed by atoms with Gasteiger partial charge in [-0.2, -0.15) is 0 Å². The lowest BCUT2D eigenvalue weighted by molar-refractivity contribution is -0.136. The van der Waals surface area contributed by atoms with E-state index in [-0.39, 0.29) is 85.0 Å². The summed E-state index contributed by atoms with van der Waals surface area (Å²) in [5.41, 5.74) is 0.591. The first-order valence-corrected chi connectivity index (χ1v) is 17.4. The van der Waals surface area contributed by atoms with Crippen molar-refractivity contribution in [1.82, 2.24) is 24.4 Å². The summed E-state index contributed by atoms with van der Waals surface area (Å²) in [6.45, 7) is 3.24. The fourth-order valence-electron chi connectivity index (χ4n) is 7.00. The number of aromatic nitrogens is 4. The number of Topliss-reactive ketones (excluding diaryl/α,β-unsaturated/α-hetero) is 2. The number of amides is 4. The second-order valence-corrected chi connectivity index (χ2v) is 13.3. The summed E-state index contributed by atoms with van der Waals surface area (Å²) in [6, 6.07) is 8.20. The number of piperidine rings is 1. The van der Waals surface area contributed by atoms with E-state index in [0.29, 0.717) is 59.7 Å². The molecule has 2 aromatic heterocycles. The van der Waals surface area contributed by atoms with Gasteiger partial charge in [0.05, 0.1) is 34.6 Å². The summed E-state index contributed by atoms with van der Waals surface area (Å²) < 4.78 is 2.64. The molecule has 4 amide bonds. The number of carbonyl (C=O) groups excluding carboxylic acids is 6. The monoisotopic (exact) mass is 709 g/mol. The van der Waals surface area contributed by atoms with Crippen LogP contribution in [0.4, 0.5) is 11.4 Å². The topological polar surface area (TPSA) is 208 Å². The van der Waals surface area contributed by atoms with Crippen molar-refractivity contribution >= 4 is 68.4 Å². The number of para-hydroxylation sites is 2. The van der Waals surface area contributed by atoms with E-state index in [1.165, 1.54) is 9.13 Å². The lowest BCUT2D eigenvalue weighted by atomic mass is 9.92. The number of unbranched alkanes of at least 4 members (excludes halogenated alkanes) is 3. The second kappa shape index (κ2) is 15.2. The maximum Gasteiger partial charge on any atom is 0.262 e. The van der Waals surface area contributed by atoms with Crippen LogP contribution in [0.1, 0.15) is 94.4 Å². The first kappa shape index (κ1) is 35.9. The maximum atomic E-state index is 13.4. The van der Waals surface area contributed by atoms with E-state index in [2.05, 4.69) is 25.9 Å². The molecule has 15 heteroatoms. The summed E-state index contributed by atoms with van der Waals surface area (Å²) in [6.07, 6.45) is 3.60. The van der Waals surface area contributed by atoms with Crippen LogP contribution in [0.15, 0.2) is 46.0 Å². The van der Waals surface area contributed by atoms with Gasteiger partial charge in [0.15, 0.2) is 5.78 Å². The maximum absolute atomic E-state index is 13.4. The van der Waals surface area contributed by atoms with Crippen molar-refractivity contribution in [1.29, 1.82) is 0 Å². The summed E-state index contributed by atoms with van der Waals surface area (Å²) in [4.78, 5) is 110. The minimum Gasteiger partial charge on any atom is -0.324 e. The Morgan fingerprint density at radius 1 is 0.712 bits per heavy atom. The third kappa shape index (κ3) is 7.43. The predicted octanol–water partition coefficient (Wildman–Crippen LogP) is 3.48. The first-order chi connectivity index (χ1) is 24.9. The van der Waals surface area contributed by atoms with Crippen LogP contribution in [0.5, 0.6) is 0 Å². The zero-order chi connectivity index (χ0) is 37.1. The molecule has 2 atom stereocenters. The fraction of sp³-hybridized carbons (Fsp3) is 0.405. The predicted molar refractivity (Wildman–Crippen MR) is 191 cm³/mol. The van der Waals surface area contributed by atoms with Gasteiger partial charge in [-0.25, -0.2) is 9.97 Å². The number of imide groups is 1. The minimum atomic E-state index is -0.846. The van der Waals surface area contributed by atoms with Gasteiger partial charge in [0.25, 0.3) is 11.1 Å². The van der Waals surface area contributed by atoms with Crippen LogP contribution in [0.3, 0.4) is 0 Å². The second-order valence-electron chi connectivity index (χ2n) is 13.3. The largest absolute Gasteiger partial charge is 0.324 e. The highest BCUT2D eigenvalue weighted by Crippen LogP contribution is 2.27. The van der Waals surface area contributed by atoms with E-state index in [4.69, 9.17) is 0 Å². The van der Waals surface area contributed by atoms with Crippen LogP contribution in [0.2, 0.25) is 0 Å². The van der Waals surface area contributed by atoms with Gasteiger partial charge in [-0.1, -0.05) is 25.0 Å². The number of carbonyl (C=O) groups is 6. The molecule has 0 spiro atoms. The average Bonchev–Trinajstić information content (AvgIpc) is 3.09. The highest BCUT2D eigenvalue weighted by molar-refractivity contribution is 6.04. The van der Waals surface area contributed by atoms with Crippen molar-refractivity contribution < 1.29 is 28.8 Å². The molecule has 1 saturated heterocycles. The van der Waals surface area contributed by atoms with Crippen LogP contribution < -0.4 is 27.1 Å². The van der Waals surface area contributed by atoms with E-state index >= 15 is 0 Å². The van der Waals surface area contributed by atoms with Crippen LogP contribution in [0.25, 0.3) is 21.8 Å². The van der Waals surface area contributed by atoms with Gasteiger partial charge < -0.3 is 10.6 Å². The number of hydrogen-bond acceptors (Lipinski definition) is 10. The number of rotatable bonds is 11. The molecule has 3 N–H and O–H groups in total. The van der Waals surface area contributed by atoms with Gasteiger partial charge in [0.2, 0.25) is 23.6 Å². The highest BCUT2D eigenvalue weighted by atomic mass is 16.2. The summed E-state index contributed by atoms with van der Waals surface area (Å²) in [5.74, 6) is -1.24.